The molecule has 0 heterocycles. The molecule has 0 saturated heterocycles. The Kier molecular flexibility index (Phi) is 9.99. The van der Waals surface area contributed by atoms with Gasteiger partial charge in [0.25, 0.3) is 0 Å². The largest absolute Gasteiger partial charge is 0.462 e. The number of ether oxygens (including phenoxy) is 4. The van der Waals surface area contributed by atoms with Gasteiger partial charge >= 0.3 is 12.1 Å². The van der Waals surface area contributed by atoms with Crippen molar-refractivity contribution in [2.45, 2.75) is 6.92 Å². The number of amides is 1. The maximum Gasteiger partial charge on any atom is 0.410 e. The number of hydrogen-bond acceptors (Lipinski definition) is 6. The first kappa shape index (κ1) is 16.7. The Balaban J connectivity index is 3.93. The van der Waals surface area contributed by atoms with Gasteiger partial charge in [0.05, 0.1) is 13.2 Å². The van der Waals surface area contributed by atoms with Gasteiger partial charge in [-0.1, -0.05) is 0 Å². The molecular formula is C11H21NO6. The number of likely N-dealkylation sites (N-methyl/N-ethyl adjacent to an activating group) is 1. The molecular weight excluding hydrogens is 242 g/mol. The molecule has 7 heteroatoms. The van der Waals surface area contributed by atoms with Crippen LogP contribution in [0, 0.1) is 0 Å². The molecule has 0 bridgehead atoms. The highest BCUT2D eigenvalue weighted by molar-refractivity contribution is 5.78. The highest BCUT2D eigenvalue weighted by Crippen LogP contribution is 1.95. The third kappa shape index (κ3) is 7.86. The van der Waals surface area contributed by atoms with Gasteiger partial charge in [-0.25, -0.2) is 4.79 Å². The van der Waals surface area contributed by atoms with E-state index in [1.54, 1.807) is 6.92 Å². The number of carbonyl (C=O) groups is 2. The summed E-state index contributed by atoms with van der Waals surface area (Å²) in [7, 11) is 3.03. The zero-order valence-corrected chi connectivity index (χ0v) is 11.1. The molecule has 0 spiro atoms. The van der Waals surface area contributed by atoms with Gasteiger partial charge in [-0.3, -0.25) is 9.69 Å². The Hall–Kier alpha value is -1.34. The monoisotopic (exact) mass is 263 g/mol. The van der Waals surface area contributed by atoms with E-state index in [-0.39, 0.29) is 19.8 Å². The fourth-order valence-corrected chi connectivity index (χ4v) is 1.05. The zero-order chi connectivity index (χ0) is 13.8. The molecule has 7 nitrogen and oxygen atoms in total. The lowest BCUT2D eigenvalue weighted by molar-refractivity contribution is -0.145. The summed E-state index contributed by atoms with van der Waals surface area (Å²) >= 11 is 0. The lowest BCUT2D eigenvalue weighted by Gasteiger charge is -2.19. The minimum absolute atomic E-state index is 0.133. The van der Waals surface area contributed by atoms with Gasteiger partial charge in [0.1, 0.15) is 19.8 Å². The molecule has 0 aromatic heterocycles. The molecule has 18 heavy (non-hydrogen) atoms. The SMILES string of the molecule is CCN(CC(=O)OCCOC)C(=O)OCCOC. The second kappa shape index (κ2) is 10.8. The van der Waals surface area contributed by atoms with Crippen molar-refractivity contribution in [3.8, 4) is 0 Å². The smallest absolute Gasteiger partial charge is 0.410 e. The molecule has 0 aliphatic heterocycles. The van der Waals surface area contributed by atoms with Gasteiger partial charge < -0.3 is 18.9 Å². The molecule has 0 N–H and O–H groups in total. The van der Waals surface area contributed by atoms with Crippen LogP contribution in [0.4, 0.5) is 4.79 Å². The lowest BCUT2D eigenvalue weighted by Crippen LogP contribution is -2.37. The Morgan fingerprint density at radius 2 is 1.50 bits per heavy atom. The van der Waals surface area contributed by atoms with Gasteiger partial charge in [0.15, 0.2) is 0 Å². The van der Waals surface area contributed by atoms with Crippen molar-refractivity contribution in [3.63, 3.8) is 0 Å². The highest BCUT2D eigenvalue weighted by atomic mass is 16.6. The summed E-state index contributed by atoms with van der Waals surface area (Å²) in [5.41, 5.74) is 0. The minimum Gasteiger partial charge on any atom is -0.462 e. The summed E-state index contributed by atoms with van der Waals surface area (Å²) in [6, 6.07) is 0. The van der Waals surface area contributed by atoms with Crippen LogP contribution in [0.15, 0.2) is 0 Å². The quantitative estimate of drug-likeness (QED) is 0.439. The predicted molar refractivity (Wildman–Crippen MR) is 63.3 cm³/mol. The van der Waals surface area contributed by atoms with Crippen molar-refractivity contribution < 1.29 is 28.5 Å². The molecule has 106 valence electrons. The van der Waals surface area contributed by atoms with Gasteiger partial charge in [-0.05, 0) is 6.92 Å². The third-order valence-corrected chi connectivity index (χ3v) is 2.02. The van der Waals surface area contributed by atoms with Crippen LogP contribution in [0.5, 0.6) is 0 Å². The van der Waals surface area contributed by atoms with E-state index in [0.29, 0.717) is 19.8 Å². The van der Waals surface area contributed by atoms with Gasteiger partial charge in [-0.2, -0.15) is 0 Å². The van der Waals surface area contributed by atoms with Crippen molar-refractivity contribution in [1.82, 2.24) is 4.90 Å². The van der Waals surface area contributed by atoms with Crippen molar-refractivity contribution in [3.05, 3.63) is 0 Å². The van der Waals surface area contributed by atoms with Gasteiger partial charge in [-0.15, -0.1) is 0 Å². The molecule has 0 rings (SSSR count). The number of methoxy groups -OCH3 is 2. The summed E-state index contributed by atoms with van der Waals surface area (Å²) in [5, 5.41) is 0. The summed E-state index contributed by atoms with van der Waals surface area (Å²) in [4.78, 5) is 24.2. The fraction of sp³-hybridized carbons (Fsp3) is 0.818. The van der Waals surface area contributed by atoms with Crippen molar-refractivity contribution >= 4 is 12.1 Å². The zero-order valence-electron chi connectivity index (χ0n) is 11.1. The number of esters is 1. The normalized spacial score (nSPS) is 9.94. The summed E-state index contributed by atoms with van der Waals surface area (Å²) in [5.74, 6) is -0.488. The molecule has 0 fully saturated rings. The first-order chi connectivity index (χ1) is 8.65. The van der Waals surface area contributed by atoms with E-state index in [4.69, 9.17) is 18.9 Å². The van der Waals surface area contributed by atoms with Crippen LogP contribution in [-0.2, 0) is 23.7 Å². The van der Waals surface area contributed by atoms with Crippen LogP contribution in [0.2, 0.25) is 0 Å². The van der Waals surface area contributed by atoms with Gasteiger partial charge in [0, 0.05) is 20.8 Å². The topological polar surface area (TPSA) is 74.3 Å². The van der Waals surface area contributed by atoms with Crippen LogP contribution in [0.1, 0.15) is 6.92 Å². The molecule has 0 unspecified atom stereocenters. The summed E-state index contributed by atoms with van der Waals surface area (Å²) in [6.45, 7) is 2.96. The second-order valence-electron chi connectivity index (χ2n) is 3.33. The number of rotatable bonds is 9. The van der Waals surface area contributed by atoms with Crippen LogP contribution < -0.4 is 0 Å². The molecule has 0 aromatic carbocycles. The predicted octanol–water partition coefficient (Wildman–Crippen LogP) is 0.281. The average molecular weight is 263 g/mol. The van der Waals surface area contributed by atoms with E-state index in [1.165, 1.54) is 19.1 Å². The average Bonchev–Trinajstić information content (AvgIpc) is 2.36. The maximum atomic E-state index is 11.5. The first-order valence-electron chi connectivity index (χ1n) is 5.70. The van der Waals surface area contributed by atoms with Crippen molar-refractivity contribution in [1.29, 1.82) is 0 Å². The molecule has 0 atom stereocenters. The van der Waals surface area contributed by atoms with E-state index in [9.17, 15) is 9.59 Å². The second-order valence-corrected chi connectivity index (χ2v) is 3.33. The van der Waals surface area contributed by atoms with E-state index in [1.807, 2.05) is 0 Å². The van der Waals surface area contributed by atoms with Crippen LogP contribution >= 0.6 is 0 Å². The fourth-order valence-electron chi connectivity index (χ4n) is 1.05. The molecule has 1 amide bonds. The Morgan fingerprint density at radius 1 is 0.944 bits per heavy atom. The Labute approximate surface area is 107 Å². The third-order valence-electron chi connectivity index (χ3n) is 2.02. The van der Waals surface area contributed by atoms with E-state index in [0.717, 1.165) is 0 Å². The number of carbonyl (C=O) groups excluding carboxylic acids is 2. The van der Waals surface area contributed by atoms with E-state index >= 15 is 0 Å². The van der Waals surface area contributed by atoms with Crippen molar-refractivity contribution in [2.24, 2.45) is 0 Å². The number of hydrogen-bond donors (Lipinski definition) is 0. The summed E-state index contributed by atoms with van der Waals surface area (Å²) in [6.07, 6.45) is -0.557. The Morgan fingerprint density at radius 3 is 2.00 bits per heavy atom. The van der Waals surface area contributed by atoms with Crippen LogP contribution in [-0.4, -0.2) is 70.7 Å². The first-order valence-corrected chi connectivity index (χ1v) is 5.70. The summed E-state index contributed by atoms with van der Waals surface area (Å²) < 4.78 is 19.2. The molecule has 0 aliphatic carbocycles. The molecule has 0 aromatic rings. The van der Waals surface area contributed by atoms with Crippen LogP contribution in [0.3, 0.4) is 0 Å². The van der Waals surface area contributed by atoms with Crippen molar-refractivity contribution in [2.75, 3.05) is 53.7 Å². The lowest BCUT2D eigenvalue weighted by atomic mass is 10.5. The van der Waals surface area contributed by atoms with Gasteiger partial charge in [0.2, 0.25) is 0 Å². The molecule has 0 aliphatic rings. The Bertz CT molecular complexity index is 246. The molecule has 0 radical (unpaired) electrons. The van der Waals surface area contributed by atoms with E-state index < -0.39 is 12.1 Å². The number of nitrogens with zero attached hydrogens (tertiary/aromatic N) is 1. The maximum absolute atomic E-state index is 11.5. The minimum atomic E-state index is -0.557. The highest BCUT2D eigenvalue weighted by Gasteiger charge is 2.17. The molecule has 0 saturated carbocycles. The standard InChI is InChI=1S/C11H21NO6/c1-4-12(11(14)18-8-6-16-3)9-10(13)17-7-5-15-2/h4-9H2,1-3H3. The van der Waals surface area contributed by atoms with Crippen LogP contribution in [0.25, 0.3) is 0 Å². The van der Waals surface area contributed by atoms with E-state index in [2.05, 4.69) is 0 Å².